The number of benzene rings is 1. The highest BCUT2D eigenvalue weighted by Crippen LogP contribution is 2.35. The number of hydrogen-bond donors (Lipinski definition) is 1. The molecule has 1 aromatic carbocycles. The number of fused-ring (bicyclic) bond motifs is 3. The van der Waals surface area contributed by atoms with Crippen molar-refractivity contribution in [3.8, 4) is 5.75 Å². The van der Waals surface area contributed by atoms with Crippen LogP contribution in [0.15, 0.2) is 30.4 Å². The quantitative estimate of drug-likeness (QED) is 0.750. The van der Waals surface area contributed by atoms with Crippen LogP contribution in [0, 0.1) is 0 Å². The zero-order chi connectivity index (χ0) is 11.8. The summed E-state index contributed by atoms with van der Waals surface area (Å²) in [6, 6.07) is 5.92. The summed E-state index contributed by atoms with van der Waals surface area (Å²) >= 11 is 0. The molecule has 0 bridgehead atoms. The molecule has 0 fully saturated rings. The molecule has 88 valence electrons. The van der Waals surface area contributed by atoms with Crippen LogP contribution < -0.4 is 10.1 Å². The summed E-state index contributed by atoms with van der Waals surface area (Å²) in [6.45, 7) is 0. The monoisotopic (exact) mass is 229 g/mol. The van der Waals surface area contributed by atoms with E-state index in [9.17, 15) is 4.79 Å². The van der Waals surface area contributed by atoms with Gasteiger partial charge in [-0.15, -0.1) is 0 Å². The zero-order valence-corrected chi connectivity index (χ0v) is 9.77. The highest BCUT2D eigenvalue weighted by molar-refractivity contribution is 5.97. The molecule has 1 amide bonds. The lowest BCUT2D eigenvalue weighted by molar-refractivity contribution is 0.0916. The topological polar surface area (TPSA) is 38.3 Å². The van der Waals surface area contributed by atoms with Crippen LogP contribution in [0.4, 0.5) is 0 Å². The SMILES string of the molecule is COc1ccc2c(c1)[C@@H]1C=CCC[C@H]1NC2=O. The summed E-state index contributed by atoms with van der Waals surface area (Å²) in [5.74, 6) is 1.15. The first-order chi connectivity index (χ1) is 8.29. The van der Waals surface area contributed by atoms with Crippen molar-refractivity contribution >= 4 is 5.91 Å². The van der Waals surface area contributed by atoms with Crippen LogP contribution in [0.1, 0.15) is 34.7 Å². The van der Waals surface area contributed by atoms with Gasteiger partial charge in [0.05, 0.1) is 7.11 Å². The van der Waals surface area contributed by atoms with Crippen LogP contribution in [0.2, 0.25) is 0 Å². The van der Waals surface area contributed by atoms with E-state index >= 15 is 0 Å². The molecule has 1 heterocycles. The summed E-state index contributed by atoms with van der Waals surface area (Å²) in [5.41, 5.74) is 1.87. The molecule has 1 aromatic rings. The van der Waals surface area contributed by atoms with Crippen molar-refractivity contribution in [1.82, 2.24) is 5.32 Å². The first kappa shape index (κ1) is 10.4. The lowest BCUT2D eigenvalue weighted by Gasteiger charge is -2.34. The Bertz CT molecular complexity index is 493. The van der Waals surface area contributed by atoms with Gasteiger partial charge in [-0.05, 0) is 36.6 Å². The molecule has 0 unspecified atom stereocenters. The van der Waals surface area contributed by atoms with E-state index in [4.69, 9.17) is 4.74 Å². The number of amides is 1. The molecule has 1 aliphatic heterocycles. The van der Waals surface area contributed by atoms with Crippen molar-refractivity contribution in [2.24, 2.45) is 0 Å². The highest BCUT2D eigenvalue weighted by Gasteiger charge is 2.33. The first-order valence-corrected chi connectivity index (χ1v) is 5.95. The molecule has 1 aliphatic carbocycles. The van der Waals surface area contributed by atoms with E-state index in [0.29, 0.717) is 5.92 Å². The number of nitrogens with one attached hydrogen (secondary N) is 1. The van der Waals surface area contributed by atoms with Crippen LogP contribution in [-0.2, 0) is 0 Å². The second-order valence-electron chi connectivity index (χ2n) is 4.56. The van der Waals surface area contributed by atoms with E-state index in [1.807, 2.05) is 18.2 Å². The van der Waals surface area contributed by atoms with E-state index in [2.05, 4.69) is 17.5 Å². The number of carbonyl (C=O) groups is 1. The minimum absolute atomic E-state index is 0.0409. The number of methoxy groups -OCH3 is 1. The minimum atomic E-state index is 0.0409. The van der Waals surface area contributed by atoms with Gasteiger partial charge in [-0.2, -0.15) is 0 Å². The summed E-state index contributed by atoms with van der Waals surface area (Å²) in [6.07, 6.45) is 6.46. The average molecular weight is 229 g/mol. The Balaban J connectivity index is 2.12. The van der Waals surface area contributed by atoms with Gasteiger partial charge in [0.15, 0.2) is 0 Å². The molecule has 0 saturated carbocycles. The van der Waals surface area contributed by atoms with E-state index in [0.717, 1.165) is 29.7 Å². The predicted octanol–water partition coefficient (Wildman–Crippen LogP) is 2.24. The van der Waals surface area contributed by atoms with Crippen LogP contribution >= 0.6 is 0 Å². The zero-order valence-electron chi connectivity index (χ0n) is 9.77. The summed E-state index contributed by atoms with van der Waals surface area (Å²) in [4.78, 5) is 12.0. The molecule has 3 heteroatoms. The van der Waals surface area contributed by atoms with Crippen molar-refractivity contribution in [2.45, 2.75) is 24.8 Å². The normalized spacial score (nSPS) is 25.8. The minimum Gasteiger partial charge on any atom is -0.497 e. The smallest absolute Gasteiger partial charge is 0.251 e. The van der Waals surface area contributed by atoms with Gasteiger partial charge in [0.2, 0.25) is 0 Å². The Morgan fingerprint density at radius 2 is 2.29 bits per heavy atom. The van der Waals surface area contributed by atoms with Crippen LogP contribution in [-0.4, -0.2) is 19.1 Å². The number of carbonyl (C=O) groups excluding carboxylic acids is 1. The molecule has 3 nitrogen and oxygen atoms in total. The van der Waals surface area contributed by atoms with Crippen LogP contribution in [0.25, 0.3) is 0 Å². The Labute approximate surface area is 100 Å². The fourth-order valence-electron chi connectivity index (χ4n) is 2.71. The molecule has 0 saturated heterocycles. The average Bonchev–Trinajstić information content (AvgIpc) is 2.38. The highest BCUT2D eigenvalue weighted by atomic mass is 16.5. The van der Waals surface area contributed by atoms with Crippen LogP contribution in [0.5, 0.6) is 5.75 Å². The third kappa shape index (κ3) is 1.62. The fraction of sp³-hybridized carbons (Fsp3) is 0.357. The summed E-state index contributed by atoms with van der Waals surface area (Å²) in [5, 5.41) is 3.08. The molecule has 2 aliphatic rings. The van der Waals surface area contributed by atoms with Gasteiger partial charge in [0.1, 0.15) is 5.75 Å². The van der Waals surface area contributed by atoms with E-state index in [-0.39, 0.29) is 11.9 Å². The van der Waals surface area contributed by atoms with Crippen LogP contribution in [0.3, 0.4) is 0 Å². The second-order valence-corrected chi connectivity index (χ2v) is 4.56. The molecule has 2 atom stereocenters. The Morgan fingerprint density at radius 1 is 1.41 bits per heavy atom. The predicted molar refractivity (Wildman–Crippen MR) is 65.4 cm³/mol. The Morgan fingerprint density at radius 3 is 3.12 bits per heavy atom. The maximum absolute atomic E-state index is 12.0. The molecule has 0 spiro atoms. The standard InChI is InChI=1S/C14H15NO2/c1-17-9-6-7-11-12(8-9)10-4-2-3-5-13(10)15-14(11)16/h2,4,6-8,10,13H,3,5H2,1H3,(H,15,16)/t10-,13+/m0/s1. The Kier molecular flexibility index (Phi) is 2.39. The van der Waals surface area contributed by atoms with Gasteiger partial charge in [0.25, 0.3) is 5.91 Å². The van der Waals surface area contributed by atoms with Gasteiger partial charge in [-0.3, -0.25) is 4.79 Å². The largest absolute Gasteiger partial charge is 0.497 e. The Hall–Kier alpha value is -1.77. The molecule has 0 radical (unpaired) electrons. The van der Waals surface area contributed by atoms with Gasteiger partial charge in [-0.25, -0.2) is 0 Å². The first-order valence-electron chi connectivity index (χ1n) is 5.95. The lowest BCUT2D eigenvalue weighted by atomic mass is 9.79. The van der Waals surface area contributed by atoms with Gasteiger partial charge in [-0.1, -0.05) is 12.2 Å². The van der Waals surface area contributed by atoms with E-state index < -0.39 is 0 Å². The second kappa shape index (κ2) is 3.91. The van der Waals surface area contributed by atoms with Gasteiger partial charge < -0.3 is 10.1 Å². The van der Waals surface area contributed by atoms with Crippen molar-refractivity contribution in [3.05, 3.63) is 41.5 Å². The van der Waals surface area contributed by atoms with E-state index in [1.54, 1.807) is 7.11 Å². The van der Waals surface area contributed by atoms with Gasteiger partial charge >= 0.3 is 0 Å². The van der Waals surface area contributed by atoms with Gasteiger partial charge in [0, 0.05) is 17.5 Å². The fourth-order valence-corrected chi connectivity index (χ4v) is 2.71. The maximum atomic E-state index is 12.0. The van der Waals surface area contributed by atoms with Crippen molar-refractivity contribution in [3.63, 3.8) is 0 Å². The van der Waals surface area contributed by atoms with Crippen molar-refractivity contribution < 1.29 is 9.53 Å². The van der Waals surface area contributed by atoms with Crippen molar-refractivity contribution in [2.75, 3.05) is 7.11 Å². The number of ether oxygens (including phenoxy) is 1. The molecule has 17 heavy (non-hydrogen) atoms. The van der Waals surface area contributed by atoms with E-state index in [1.165, 1.54) is 0 Å². The maximum Gasteiger partial charge on any atom is 0.251 e. The molecule has 1 N–H and O–H groups in total. The lowest BCUT2D eigenvalue weighted by Crippen LogP contribution is -2.44. The summed E-state index contributed by atoms with van der Waals surface area (Å²) < 4.78 is 5.24. The number of rotatable bonds is 1. The molecular weight excluding hydrogens is 214 g/mol. The summed E-state index contributed by atoms with van der Waals surface area (Å²) in [7, 11) is 1.65. The molecule has 3 rings (SSSR count). The third-order valence-electron chi connectivity index (χ3n) is 3.60. The molecule has 0 aromatic heterocycles. The molecular formula is C14H15NO2. The number of allylic oxidation sites excluding steroid dienone is 1. The third-order valence-corrected chi connectivity index (χ3v) is 3.60. The van der Waals surface area contributed by atoms with Crippen molar-refractivity contribution in [1.29, 1.82) is 0 Å². The number of hydrogen-bond acceptors (Lipinski definition) is 2.